The van der Waals surface area contributed by atoms with E-state index >= 15 is 0 Å². The van der Waals surface area contributed by atoms with E-state index in [0.717, 1.165) is 16.7 Å². The molecule has 1 aromatic rings. The Balaban J connectivity index is 1.34. The zero-order chi connectivity index (χ0) is 19.5. The summed E-state index contributed by atoms with van der Waals surface area (Å²) in [5.41, 5.74) is 0. The maximum absolute atomic E-state index is 12.4. The summed E-state index contributed by atoms with van der Waals surface area (Å²) in [7, 11) is 0. The van der Waals surface area contributed by atoms with E-state index < -0.39 is 18.1 Å². The average molecular weight is 406 g/mol. The molecule has 5 unspecified atom stereocenters. The zero-order valence-electron chi connectivity index (χ0n) is 16.3. The summed E-state index contributed by atoms with van der Waals surface area (Å²) in [6.07, 6.45) is 10.2. The van der Waals surface area contributed by atoms with Crippen molar-refractivity contribution in [3.63, 3.8) is 0 Å². The lowest BCUT2D eigenvalue weighted by Gasteiger charge is -2.32. The Morgan fingerprint density at radius 1 is 1.07 bits per heavy atom. The molecule has 0 spiro atoms. The summed E-state index contributed by atoms with van der Waals surface area (Å²) < 4.78 is 5.61. The molecular weight excluding hydrogens is 374 g/mol. The number of carboxylic acids is 1. The third kappa shape index (κ3) is 4.22. The topological polar surface area (TPSA) is 75.6 Å². The van der Waals surface area contributed by atoms with Crippen LogP contribution in [0.4, 0.5) is 4.79 Å². The van der Waals surface area contributed by atoms with E-state index in [-0.39, 0.29) is 0 Å². The van der Waals surface area contributed by atoms with Crippen molar-refractivity contribution in [2.45, 2.75) is 63.8 Å². The average Bonchev–Trinajstić information content (AvgIpc) is 3.32. The minimum absolute atomic E-state index is 0.293. The van der Waals surface area contributed by atoms with Crippen molar-refractivity contribution < 1.29 is 19.4 Å². The quantitative estimate of drug-likeness (QED) is 0.718. The van der Waals surface area contributed by atoms with Crippen molar-refractivity contribution in [1.29, 1.82) is 0 Å². The van der Waals surface area contributed by atoms with E-state index in [1.165, 1.54) is 62.7 Å². The van der Waals surface area contributed by atoms with Crippen LogP contribution in [0.25, 0.3) is 0 Å². The Labute approximate surface area is 170 Å². The highest BCUT2D eigenvalue weighted by molar-refractivity contribution is 7.09. The second kappa shape index (κ2) is 8.85. The van der Waals surface area contributed by atoms with Gasteiger partial charge < -0.3 is 15.2 Å². The maximum atomic E-state index is 12.4. The molecule has 0 aliphatic heterocycles. The van der Waals surface area contributed by atoms with Gasteiger partial charge in [0, 0.05) is 11.3 Å². The van der Waals surface area contributed by atoms with E-state index in [9.17, 15) is 14.7 Å². The van der Waals surface area contributed by atoms with Crippen molar-refractivity contribution in [3.8, 4) is 0 Å². The van der Waals surface area contributed by atoms with Gasteiger partial charge in [0.25, 0.3) is 0 Å². The standard InChI is InChI=1S/C22H31NO4S/c24-21(25)20(12-14-6-5-11-28-14)23-22(26)27-13-19-17-9-3-1-7-15(17)16-8-2-4-10-18(16)19/h5-6,11,15-20H,1-4,7-10,12-13H2,(H,23,26)(H,24,25). The van der Waals surface area contributed by atoms with Crippen LogP contribution in [0.15, 0.2) is 17.5 Å². The predicted octanol–water partition coefficient (Wildman–Crippen LogP) is 4.71. The van der Waals surface area contributed by atoms with E-state index in [0.29, 0.717) is 30.8 Å². The van der Waals surface area contributed by atoms with Crippen LogP contribution in [-0.2, 0) is 16.0 Å². The third-order valence-electron chi connectivity index (χ3n) is 7.38. The van der Waals surface area contributed by atoms with Crippen LogP contribution in [0.1, 0.15) is 56.2 Å². The van der Waals surface area contributed by atoms with Gasteiger partial charge in [-0.25, -0.2) is 9.59 Å². The van der Waals surface area contributed by atoms with Gasteiger partial charge in [-0.3, -0.25) is 0 Å². The number of alkyl carbamates (subject to hydrolysis) is 1. The van der Waals surface area contributed by atoms with Gasteiger partial charge in [-0.05, 0) is 66.7 Å². The number of nitrogens with one attached hydrogen (secondary N) is 1. The molecule has 1 aromatic heterocycles. The van der Waals surface area contributed by atoms with Crippen molar-refractivity contribution >= 4 is 23.4 Å². The molecule has 3 saturated carbocycles. The summed E-state index contributed by atoms with van der Waals surface area (Å²) in [5, 5.41) is 13.9. The second-order valence-electron chi connectivity index (χ2n) is 8.81. The van der Waals surface area contributed by atoms with Crippen LogP contribution in [-0.4, -0.2) is 29.8 Å². The van der Waals surface area contributed by atoms with Crippen molar-refractivity contribution in [3.05, 3.63) is 22.4 Å². The molecule has 6 heteroatoms. The van der Waals surface area contributed by atoms with Gasteiger partial charge in [0.15, 0.2) is 0 Å². The van der Waals surface area contributed by atoms with Gasteiger partial charge in [-0.2, -0.15) is 0 Å². The number of rotatable bonds is 6. The smallest absolute Gasteiger partial charge is 0.407 e. The molecule has 1 heterocycles. The fourth-order valence-electron chi connectivity index (χ4n) is 6.25. The fraction of sp³-hybridized carbons (Fsp3) is 0.727. The number of hydrogen-bond acceptors (Lipinski definition) is 4. The number of ether oxygens (including phenoxy) is 1. The van der Waals surface area contributed by atoms with Crippen molar-refractivity contribution in [1.82, 2.24) is 5.32 Å². The summed E-state index contributed by atoms with van der Waals surface area (Å²) in [6.45, 7) is 0.444. The number of hydrogen-bond donors (Lipinski definition) is 2. The van der Waals surface area contributed by atoms with Crippen LogP contribution in [0, 0.1) is 29.6 Å². The van der Waals surface area contributed by atoms with Crippen LogP contribution >= 0.6 is 11.3 Å². The van der Waals surface area contributed by atoms with Crippen LogP contribution in [0.2, 0.25) is 0 Å². The molecule has 4 rings (SSSR count). The molecule has 2 N–H and O–H groups in total. The molecule has 0 bridgehead atoms. The molecule has 3 aliphatic carbocycles. The minimum Gasteiger partial charge on any atom is -0.480 e. The molecule has 5 atom stereocenters. The number of aliphatic carboxylic acids is 1. The van der Waals surface area contributed by atoms with Crippen LogP contribution in [0.5, 0.6) is 0 Å². The SMILES string of the molecule is O=C(NC(Cc1cccs1)C(=O)O)OCC1C2CCCCC2C2CCCCC21. The third-order valence-corrected chi connectivity index (χ3v) is 8.28. The number of carboxylic acid groups (broad SMARTS) is 1. The van der Waals surface area contributed by atoms with Crippen LogP contribution in [0.3, 0.4) is 0 Å². The predicted molar refractivity (Wildman–Crippen MR) is 108 cm³/mol. The molecule has 28 heavy (non-hydrogen) atoms. The normalized spacial score (nSPS) is 32.8. The molecule has 154 valence electrons. The summed E-state index contributed by atoms with van der Waals surface area (Å²) >= 11 is 1.50. The number of amides is 1. The van der Waals surface area contributed by atoms with Gasteiger partial charge in [-0.1, -0.05) is 31.7 Å². The lowest BCUT2D eigenvalue weighted by Crippen LogP contribution is -2.43. The first-order valence-corrected chi connectivity index (χ1v) is 11.7. The summed E-state index contributed by atoms with van der Waals surface area (Å²) in [6, 6.07) is 2.83. The number of carbonyl (C=O) groups excluding carboxylic acids is 1. The lowest BCUT2D eigenvalue weighted by molar-refractivity contribution is -0.139. The van der Waals surface area contributed by atoms with Gasteiger partial charge >= 0.3 is 12.1 Å². The number of fused-ring (bicyclic) bond motifs is 3. The maximum Gasteiger partial charge on any atom is 0.407 e. The molecule has 0 saturated heterocycles. The van der Waals surface area contributed by atoms with E-state index in [1.54, 1.807) is 0 Å². The van der Waals surface area contributed by atoms with Crippen molar-refractivity contribution in [2.75, 3.05) is 6.61 Å². The van der Waals surface area contributed by atoms with Gasteiger partial charge in [-0.15, -0.1) is 11.3 Å². The molecule has 1 amide bonds. The van der Waals surface area contributed by atoms with E-state index in [2.05, 4.69) is 5.32 Å². The molecular formula is C22H31NO4S. The second-order valence-corrected chi connectivity index (χ2v) is 9.84. The number of thiophene rings is 1. The Bertz CT molecular complexity index is 654. The summed E-state index contributed by atoms with van der Waals surface area (Å²) in [4.78, 5) is 24.8. The van der Waals surface area contributed by atoms with E-state index in [4.69, 9.17) is 4.74 Å². The molecule has 5 nitrogen and oxygen atoms in total. The van der Waals surface area contributed by atoms with Gasteiger partial charge in [0.05, 0.1) is 6.61 Å². The number of carbonyl (C=O) groups is 2. The Morgan fingerprint density at radius 2 is 1.68 bits per heavy atom. The summed E-state index contributed by atoms with van der Waals surface area (Å²) in [5.74, 6) is 2.46. The monoisotopic (exact) mass is 405 g/mol. The highest BCUT2D eigenvalue weighted by Gasteiger charge is 2.51. The first-order chi connectivity index (χ1) is 13.6. The Kier molecular flexibility index (Phi) is 6.24. The first-order valence-electron chi connectivity index (χ1n) is 10.8. The van der Waals surface area contributed by atoms with Gasteiger partial charge in [0.1, 0.15) is 6.04 Å². The van der Waals surface area contributed by atoms with Gasteiger partial charge in [0.2, 0.25) is 0 Å². The van der Waals surface area contributed by atoms with Crippen molar-refractivity contribution in [2.24, 2.45) is 29.6 Å². The molecule has 0 aromatic carbocycles. The highest BCUT2D eigenvalue weighted by Crippen LogP contribution is 2.57. The fourth-order valence-corrected chi connectivity index (χ4v) is 7.01. The Hall–Kier alpha value is -1.56. The first kappa shape index (κ1) is 19.7. The van der Waals surface area contributed by atoms with Crippen LogP contribution < -0.4 is 5.32 Å². The Morgan fingerprint density at radius 3 is 2.21 bits per heavy atom. The molecule has 3 aliphatic rings. The highest BCUT2D eigenvalue weighted by atomic mass is 32.1. The largest absolute Gasteiger partial charge is 0.480 e. The molecule has 3 fully saturated rings. The zero-order valence-corrected chi connectivity index (χ0v) is 17.2. The molecule has 0 radical (unpaired) electrons. The lowest BCUT2D eigenvalue weighted by atomic mass is 9.73. The minimum atomic E-state index is -1.02. The van der Waals surface area contributed by atoms with E-state index in [1.807, 2.05) is 17.5 Å².